The van der Waals surface area contributed by atoms with E-state index in [1.165, 1.54) is 6.92 Å². The van der Waals surface area contributed by atoms with Crippen LogP contribution in [0.25, 0.3) is 0 Å². The molecule has 21 heavy (non-hydrogen) atoms. The van der Waals surface area contributed by atoms with E-state index in [1.54, 1.807) is 0 Å². The van der Waals surface area contributed by atoms with Crippen molar-refractivity contribution in [2.24, 2.45) is 0 Å². The fourth-order valence-electron chi connectivity index (χ4n) is 1.46. The van der Waals surface area contributed by atoms with Crippen LogP contribution in [-0.2, 0) is 32.3 Å². The summed E-state index contributed by atoms with van der Waals surface area (Å²) in [5, 5.41) is 0. The normalized spacial score (nSPS) is 9.00. The van der Waals surface area contributed by atoms with Crippen molar-refractivity contribution in [3.8, 4) is 0 Å². The summed E-state index contributed by atoms with van der Waals surface area (Å²) in [7, 11) is 0. The minimum absolute atomic E-state index is 0.242. The number of hydrogen-bond acceptors (Lipinski definition) is 4. The molecule has 0 saturated carbocycles. The molecule has 110 valence electrons. The molecule has 0 fully saturated rings. The highest BCUT2D eigenvalue weighted by molar-refractivity contribution is 5.65. The molecule has 0 amide bonds. The van der Waals surface area contributed by atoms with E-state index in [-0.39, 0.29) is 5.97 Å². The van der Waals surface area contributed by atoms with Crippen LogP contribution in [0.15, 0.2) is 60.7 Å². The Bertz CT molecular complexity index is 523. The van der Waals surface area contributed by atoms with Gasteiger partial charge < -0.3 is 9.47 Å². The first-order valence-electron chi connectivity index (χ1n) is 6.49. The lowest BCUT2D eigenvalue weighted by atomic mass is 10.2. The van der Waals surface area contributed by atoms with Gasteiger partial charge in [-0.1, -0.05) is 60.7 Å². The third kappa shape index (κ3) is 8.21. The molecule has 0 atom stereocenters. The van der Waals surface area contributed by atoms with Crippen LogP contribution in [0.1, 0.15) is 18.1 Å². The predicted molar refractivity (Wildman–Crippen MR) is 79.2 cm³/mol. The lowest BCUT2D eigenvalue weighted by Crippen LogP contribution is -1.97. The van der Waals surface area contributed by atoms with E-state index in [0.29, 0.717) is 19.7 Å². The first-order valence-corrected chi connectivity index (χ1v) is 6.49. The Morgan fingerprint density at radius 3 is 1.81 bits per heavy atom. The molecule has 0 spiro atoms. The van der Waals surface area contributed by atoms with Gasteiger partial charge >= 0.3 is 5.97 Å². The molecule has 0 N–H and O–H groups in total. The minimum Gasteiger partial charge on any atom is -0.463 e. The lowest BCUT2D eigenvalue weighted by molar-refractivity contribution is -0.142. The second-order valence-electron chi connectivity index (χ2n) is 4.16. The number of carbonyl (C=O) groups is 2. The molecule has 0 aromatic heterocycles. The molecule has 4 nitrogen and oxygen atoms in total. The lowest BCUT2D eigenvalue weighted by Gasteiger charge is -1.99. The van der Waals surface area contributed by atoms with Crippen LogP contribution < -0.4 is 0 Å². The van der Waals surface area contributed by atoms with Crippen molar-refractivity contribution in [1.29, 1.82) is 0 Å². The summed E-state index contributed by atoms with van der Waals surface area (Å²) < 4.78 is 9.33. The minimum atomic E-state index is -0.242. The molecule has 0 heterocycles. The van der Waals surface area contributed by atoms with Crippen LogP contribution in [0.4, 0.5) is 0 Å². The third-order valence-corrected chi connectivity index (χ3v) is 2.45. The van der Waals surface area contributed by atoms with Crippen LogP contribution in [0, 0.1) is 0 Å². The van der Waals surface area contributed by atoms with Crippen molar-refractivity contribution in [1.82, 2.24) is 0 Å². The molecular formula is C17H18O4. The Morgan fingerprint density at radius 1 is 0.905 bits per heavy atom. The molecule has 0 bridgehead atoms. The van der Waals surface area contributed by atoms with E-state index in [0.717, 1.165) is 11.1 Å². The maximum absolute atomic E-state index is 10.4. The van der Waals surface area contributed by atoms with Crippen molar-refractivity contribution in [2.45, 2.75) is 20.1 Å². The molecule has 2 aromatic rings. The Hall–Kier alpha value is -2.62. The van der Waals surface area contributed by atoms with E-state index >= 15 is 0 Å². The molecule has 0 aliphatic heterocycles. The van der Waals surface area contributed by atoms with Crippen LogP contribution in [0.2, 0.25) is 0 Å². The van der Waals surface area contributed by atoms with Gasteiger partial charge in [0.15, 0.2) is 0 Å². The summed E-state index contributed by atoms with van der Waals surface area (Å²) in [4.78, 5) is 20.2. The highest BCUT2D eigenvalue weighted by atomic mass is 16.5. The highest BCUT2D eigenvalue weighted by Gasteiger charge is 1.93. The molecular weight excluding hydrogens is 268 g/mol. The molecule has 0 unspecified atom stereocenters. The van der Waals surface area contributed by atoms with Crippen molar-refractivity contribution < 1.29 is 19.1 Å². The number of carbonyl (C=O) groups excluding carboxylic acids is 2. The number of esters is 1. The van der Waals surface area contributed by atoms with Gasteiger partial charge in [-0.15, -0.1) is 0 Å². The molecule has 2 rings (SSSR count). The second kappa shape index (κ2) is 10.2. The first kappa shape index (κ1) is 16.4. The summed E-state index contributed by atoms with van der Waals surface area (Å²) >= 11 is 0. The maximum atomic E-state index is 10.4. The van der Waals surface area contributed by atoms with Crippen LogP contribution in [0.3, 0.4) is 0 Å². The zero-order chi connectivity index (χ0) is 15.3. The monoisotopic (exact) mass is 286 g/mol. The van der Waals surface area contributed by atoms with Crippen molar-refractivity contribution in [3.63, 3.8) is 0 Å². The van der Waals surface area contributed by atoms with E-state index in [2.05, 4.69) is 4.74 Å². The number of benzene rings is 2. The fraction of sp³-hybridized carbons (Fsp3) is 0.176. The standard InChI is InChI=1S/C9H10O2.C8H8O2/c1-8(10)11-7-9-5-3-2-4-6-9;9-7-10-6-8-4-2-1-3-5-8/h2-6H,7H2,1H3;1-5,7H,6H2. The summed E-state index contributed by atoms with van der Waals surface area (Å²) in [6, 6.07) is 19.1. The van der Waals surface area contributed by atoms with Gasteiger partial charge in [0.25, 0.3) is 6.47 Å². The molecule has 0 radical (unpaired) electrons. The predicted octanol–water partition coefficient (Wildman–Crippen LogP) is 3.11. The average molecular weight is 286 g/mol. The molecule has 4 heteroatoms. The highest BCUT2D eigenvalue weighted by Crippen LogP contribution is 2.00. The van der Waals surface area contributed by atoms with E-state index in [9.17, 15) is 9.59 Å². The van der Waals surface area contributed by atoms with Gasteiger partial charge in [0.05, 0.1) is 0 Å². The third-order valence-electron chi connectivity index (χ3n) is 2.45. The van der Waals surface area contributed by atoms with Crippen LogP contribution in [0.5, 0.6) is 0 Å². The van der Waals surface area contributed by atoms with E-state index in [4.69, 9.17) is 4.74 Å². The van der Waals surface area contributed by atoms with E-state index in [1.807, 2.05) is 60.7 Å². The number of rotatable bonds is 5. The second-order valence-corrected chi connectivity index (χ2v) is 4.16. The largest absolute Gasteiger partial charge is 0.463 e. The zero-order valence-corrected chi connectivity index (χ0v) is 11.9. The molecule has 0 aliphatic carbocycles. The Balaban J connectivity index is 0.000000211. The summed E-state index contributed by atoms with van der Waals surface area (Å²) in [6.45, 7) is 2.59. The SMILES string of the molecule is CC(=O)OCc1ccccc1.O=COCc1ccccc1. The topological polar surface area (TPSA) is 52.6 Å². The Kier molecular flexibility index (Phi) is 7.98. The average Bonchev–Trinajstić information content (AvgIpc) is 2.53. The van der Waals surface area contributed by atoms with Crippen molar-refractivity contribution >= 4 is 12.4 Å². The first-order chi connectivity index (χ1) is 10.2. The van der Waals surface area contributed by atoms with Crippen LogP contribution in [-0.4, -0.2) is 12.4 Å². The summed E-state index contributed by atoms with van der Waals surface area (Å²) in [5.74, 6) is -0.242. The van der Waals surface area contributed by atoms with Gasteiger partial charge in [-0.25, -0.2) is 0 Å². The van der Waals surface area contributed by atoms with Crippen LogP contribution >= 0.6 is 0 Å². The molecule has 2 aromatic carbocycles. The van der Waals surface area contributed by atoms with Gasteiger partial charge in [-0.3, -0.25) is 9.59 Å². The van der Waals surface area contributed by atoms with Gasteiger partial charge in [0.2, 0.25) is 0 Å². The van der Waals surface area contributed by atoms with Gasteiger partial charge in [-0.05, 0) is 11.1 Å². The van der Waals surface area contributed by atoms with Gasteiger partial charge in [0.1, 0.15) is 13.2 Å². The smallest absolute Gasteiger partial charge is 0.302 e. The van der Waals surface area contributed by atoms with E-state index < -0.39 is 0 Å². The fourth-order valence-corrected chi connectivity index (χ4v) is 1.46. The van der Waals surface area contributed by atoms with Crippen molar-refractivity contribution in [3.05, 3.63) is 71.8 Å². The molecule has 0 saturated heterocycles. The maximum Gasteiger partial charge on any atom is 0.302 e. The number of ether oxygens (including phenoxy) is 2. The summed E-state index contributed by atoms with van der Waals surface area (Å²) in [5.41, 5.74) is 2.03. The summed E-state index contributed by atoms with van der Waals surface area (Å²) in [6.07, 6.45) is 0. The van der Waals surface area contributed by atoms with Gasteiger partial charge in [-0.2, -0.15) is 0 Å². The quantitative estimate of drug-likeness (QED) is 0.626. The molecule has 0 aliphatic rings. The number of hydrogen-bond donors (Lipinski definition) is 0. The Morgan fingerprint density at radius 2 is 1.38 bits per heavy atom. The zero-order valence-electron chi connectivity index (χ0n) is 11.9. The Labute approximate surface area is 124 Å². The van der Waals surface area contributed by atoms with Gasteiger partial charge in [0, 0.05) is 6.92 Å². The van der Waals surface area contributed by atoms with Crippen molar-refractivity contribution in [2.75, 3.05) is 0 Å².